The molecule has 1 aliphatic heterocycles. The Labute approximate surface area is 138 Å². The molecule has 0 aromatic heterocycles. The number of esters is 3. The molecular weight excluding hydrogens is 326 g/mol. The minimum Gasteiger partial charge on any atom is -0.456 e. The van der Waals surface area contributed by atoms with Crippen LogP contribution in [0.3, 0.4) is 0 Å². The molecule has 0 aromatic rings. The molecule has 2 N–H and O–H groups in total. The Kier molecular flexibility index (Phi) is 7.11. The predicted octanol–water partition coefficient (Wildman–Crippen LogP) is -1.37. The van der Waals surface area contributed by atoms with Crippen molar-refractivity contribution in [3.8, 4) is 0 Å². The Balaban J connectivity index is 3.11. The number of carbonyl (C=O) groups excluding carboxylic acids is 4. The molecule has 1 amide bonds. The molecule has 10 heteroatoms. The second kappa shape index (κ2) is 8.60. The molecule has 0 unspecified atom stereocenters. The van der Waals surface area contributed by atoms with Gasteiger partial charge < -0.3 is 29.4 Å². The van der Waals surface area contributed by atoms with E-state index in [-0.39, 0.29) is 12.5 Å². The highest BCUT2D eigenvalue weighted by atomic mass is 16.7. The van der Waals surface area contributed by atoms with Crippen molar-refractivity contribution in [2.45, 2.75) is 58.4 Å². The number of hydrogen-bond acceptors (Lipinski definition) is 9. The van der Waals surface area contributed by atoms with E-state index in [1.54, 1.807) is 0 Å². The average Bonchev–Trinajstić information content (AvgIpc) is 2.42. The van der Waals surface area contributed by atoms with E-state index in [2.05, 4.69) is 5.32 Å². The summed E-state index contributed by atoms with van der Waals surface area (Å²) >= 11 is 0. The molecule has 1 fully saturated rings. The lowest BCUT2D eigenvalue weighted by Crippen LogP contribution is -2.63. The van der Waals surface area contributed by atoms with Crippen LogP contribution in [-0.2, 0) is 38.1 Å². The maximum atomic E-state index is 11.4. The van der Waals surface area contributed by atoms with Gasteiger partial charge in [0.2, 0.25) is 5.91 Å². The molecule has 10 nitrogen and oxygen atoms in total. The van der Waals surface area contributed by atoms with E-state index >= 15 is 0 Å². The maximum Gasteiger partial charge on any atom is 0.303 e. The highest BCUT2D eigenvalue weighted by molar-refractivity contribution is 5.73. The summed E-state index contributed by atoms with van der Waals surface area (Å²) in [7, 11) is 0. The van der Waals surface area contributed by atoms with Crippen molar-refractivity contribution >= 4 is 23.8 Å². The highest BCUT2D eigenvalue weighted by Gasteiger charge is 2.51. The zero-order valence-corrected chi connectivity index (χ0v) is 13.8. The van der Waals surface area contributed by atoms with E-state index in [4.69, 9.17) is 18.9 Å². The topological polar surface area (TPSA) is 137 Å². The SMILES string of the molecule is CC(=O)NC[C@H]1O[C@H](O)[C@H](OC(C)=O)[C@@H](OC(C)=O)[C@@H]1OC(C)=O. The molecule has 1 rings (SSSR count). The molecule has 1 saturated heterocycles. The fraction of sp³-hybridized carbons (Fsp3) is 0.714. The van der Waals surface area contributed by atoms with Crippen LogP contribution in [0, 0.1) is 0 Å². The fourth-order valence-corrected chi connectivity index (χ4v) is 2.28. The maximum absolute atomic E-state index is 11.4. The normalized spacial score (nSPS) is 29.3. The van der Waals surface area contributed by atoms with Crippen molar-refractivity contribution in [2.75, 3.05) is 6.54 Å². The Bertz CT molecular complexity index is 506. The van der Waals surface area contributed by atoms with Crippen molar-refractivity contribution < 1.29 is 43.2 Å². The van der Waals surface area contributed by atoms with Crippen molar-refractivity contribution in [1.82, 2.24) is 5.32 Å². The van der Waals surface area contributed by atoms with E-state index < -0.39 is 48.6 Å². The van der Waals surface area contributed by atoms with Gasteiger partial charge in [0.15, 0.2) is 24.6 Å². The van der Waals surface area contributed by atoms with Crippen LogP contribution in [-0.4, -0.2) is 66.2 Å². The van der Waals surface area contributed by atoms with Gasteiger partial charge in [-0.3, -0.25) is 19.2 Å². The number of amides is 1. The van der Waals surface area contributed by atoms with E-state index in [9.17, 15) is 24.3 Å². The van der Waals surface area contributed by atoms with Gasteiger partial charge in [-0.15, -0.1) is 0 Å². The van der Waals surface area contributed by atoms with Crippen molar-refractivity contribution in [1.29, 1.82) is 0 Å². The van der Waals surface area contributed by atoms with Gasteiger partial charge in [0.25, 0.3) is 0 Å². The zero-order chi connectivity index (χ0) is 18.4. The van der Waals surface area contributed by atoms with Crippen molar-refractivity contribution in [3.05, 3.63) is 0 Å². The summed E-state index contributed by atoms with van der Waals surface area (Å²) in [6.07, 6.45) is -6.51. The first-order valence-electron chi connectivity index (χ1n) is 7.21. The number of ether oxygens (including phenoxy) is 4. The predicted molar refractivity (Wildman–Crippen MR) is 76.2 cm³/mol. The number of aliphatic hydroxyl groups is 1. The van der Waals surface area contributed by atoms with Crippen LogP contribution in [0.25, 0.3) is 0 Å². The lowest BCUT2D eigenvalue weighted by molar-refractivity contribution is -0.290. The van der Waals surface area contributed by atoms with Gasteiger partial charge in [-0.25, -0.2) is 0 Å². The van der Waals surface area contributed by atoms with Crippen LogP contribution in [0.5, 0.6) is 0 Å². The summed E-state index contributed by atoms with van der Waals surface area (Å²) in [5.74, 6) is -2.56. The van der Waals surface area contributed by atoms with E-state index in [0.29, 0.717) is 0 Å². The minimum atomic E-state index is -1.64. The Morgan fingerprint density at radius 3 is 1.79 bits per heavy atom. The van der Waals surface area contributed by atoms with E-state index in [1.807, 2.05) is 0 Å². The quantitative estimate of drug-likeness (QED) is 0.456. The number of aliphatic hydroxyl groups excluding tert-OH is 1. The van der Waals surface area contributed by atoms with Gasteiger partial charge in [0.1, 0.15) is 6.10 Å². The molecule has 1 aliphatic rings. The summed E-state index contributed by atoms with van der Waals surface area (Å²) in [5.41, 5.74) is 0. The first kappa shape index (κ1) is 19.8. The number of hydrogen-bond donors (Lipinski definition) is 2. The van der Waals surface area contributed by atoms with Gasteiger partial charge in [-0.2, -0.15) is 0 Å². The van der Waals surface area contributed by atoms with Crippen LogP contribution in [0.4, 0.5) is 0 Å². The van der Waals surface area contributed by atoms with Gasteiger partial charge in [0, 0.05) is 34.2 Å². The number of rotatable bonds is 5. The third kappa shape index (κ3) is 5.78. The molecular formula is C14H21NO9. The summed E-state index contributed by atoms with van der Waals surface area (Å²) in [6.45, 7) is 4.49. The summed E-state index contributed by atoms with van der Waals surface area (Å²) in [6, 6.07) is 0. The highest BCUT2D eigenvalue weighted by Crippen LogP contribution is 2.27. The molecule has 0 bridgehead atoms. The molecule has 0 saturated carbocycles. The zero-order valence-electron chi connectivity index (χ0n) is 13.8. The lowest BCUT2D eigenvalue weighted by atomic mass is 9.97. The van der Waals surface area contributed by atoms with Gasteiger partial charge in [-0.05, 0) is 0 Å². The number of nitrogens with one attached hydrogen (secondary N) is 1. The van der Waals surface area contributed by atoms with Crippen LogP contribution in [0.2, 0.25) is 0 Å². The van der Waals surface area contributed by atoms with E-state index in [1.165, 1.54) is 6.92 Å². The number of carbonyl (C=O) groups is 4. The van der Waals surface area contributed by atoms with Gasteiger partial charge >= 0.3 is 17.9 Å². The monoisotopic (exact) mass is 347 g/mol. The second-order valence-corrected chi connectivity index (χ2v) is 5.22. The summed E-state index contributed by atoms with van der Waals surface area (Å²) in [5, 5.41) is 12.5. The van der Waals surface area contributed by atoms with Crippen LogP contribution in [0.1, 0.15) is 27.7 Å². The molecule has 0 aliphatic carbocycles. The third-order valence-electron chi connectivity index (χ3n) is 3.07. The average molecular weight is 347 g/mol. The molecule has 0 spiro atoms. The minimum absolute atomic E-state index is 0.116. The fourth-order valence-electron chi connectivity index (χ4n) is 2.28. The molecule has 24 heavy (non-hydrogen) atoms. The molecule has 1 heterocycles. The van der Waals surface area contributed by atoms with Crippen molar-refractivity contribution in [3.63, 3.8) is 0 Å². The molecule has 136 valence electrons. The summed E-state index contributed by atoms with van der Waals surface area (Å²) < 4.78 is 20.4. The molecule has 5 atom stereocenters. The largest absolute Gasteiger partial charge is 0.456 e. The van der Waals surface area contributed by atoms with Crippen LogP contribution >= 0.6 is 0 Å². The molecule has 0 aromatic carbocycles. The summed E-state index contributed by atoms with van der Waals surface area (Å²) in [4.78, 5) is 45.0. The standard InChI is InChI=1S/C14H21NO9/c1-6(16)15-5-10-11(21-7(2)17)12(22-8(3)18)13(14(20)24-10)23-9(4)19/h10-14,20H,5H2,1-4H3,(H,15,16)/t10-,11-,12+,13-,14+/m1/s1. The Morgan fingerprint density at radius 2 is 1.33 bits per heavy atom. The van der Waals surface area contributed by atoms with Crippen molar-refractivity contribution in [2.24, 2.45) is 0 Å². The van der Waals surface area contributed by atoms with Crippen LogP contribution in [0.15, 0.2) is 0 Å². The first-order chi connectivity index (χ1) is 11.1. The Morgan fingerprint density at radius 1 is 0.875 bits per heavy atom. The first-order valence-corrected chi connectivity index (χ1v) is 7.21. The van der Waals surface area contributed by atoms with E-state index in [0.717, 1.165) is 20.8 Å². The smallest absolute Gasteiger partial charge is 0.303 e. The van der Waals surface area contributed by atoms with Gasteiger partial charge in [0.05, 0.1) is 0 Å². The third-order valence-corrected chi connectivity index (χ3v) is 3.07. The Hall–Kier alpha value is -2.20. The lowest BCUT2D eigenvalue weighted by Gasteiger charge is -2.42. The second-order valence-electron chi connectivity index (χ2n) is 5.22. The van der Waals surface area contributed by atoms with Crippen LogP contribution < -0.4 is 5.32 Å². The molecule has 0 radical (unpaired) electrons. The van der Waals surface area contributed by atoms with Gasteiger partial charge in [-0.1, -0.05) is 0 Å².